The van der Waals surface area contributed by atoms with Crippen molar-refractivity contribution in [3.63, 3.8) is 0 Å². The summed E-state index contributed by atoms with van der Waals surface area (Å²) in [7, 11) is -4.02. The van der Waals surface area contributed by atoms with Crippen molar-refractivity contribution in [2.45, 2.75) is 11.8 Å². The molecule has 1 heterocycles. The molecule has 0 atom stereocenters. The summed E-state index contributed by atoms with van der Waals surface area (Å²) in [5.41, 5.74) is 2.18. The average Bonchev–Trinajstić information content (AvgIpc) is 2.87. The molecule has 1 aliphatic rings. The highest BCUT2D eigenvalue weighted by Gasteiger charge is 2.33. The fraction of sp³-hybridized carbons (Fsp3) is 0.0769. The van der Waals surface area contributed by atoms with Gasteiger partial charge in [-0.1, -0.05) is 30.3 Å². The molecular weight excluding hydrogens is 464 g/mol. The Hall–Kier alpha value is -4.37. The monoisotopic (exact) mass is 484 g/mol. The third kappa shape index (κ3) is 4.17. The van der Waals surface area contributed by atoms with Gasteiger partial charge in [-0.15, -0.1) is 0 Å². The summed E-state index contributed by atoms with van der Waals surface area (Å²) < 4.78 is 28.9. The summed E-state index contributed by atoms with van der Waals surface area (Å²) in [6.07, 6.45) is 0. The number of hydrogen-bond acceptors (Lipinski definition) is 6. The molecule has 0 aliphatic carbocycles. The predicted molar refractivity (Wildman–Crippen MR) is 133 cm³/mol. The Labute approximate surface area is 202 Å². The summed E-state index contributed by atoms with van der Waals surface area (Å²) in [6, 6.07) is 23.5. The van der Waals surface area contributed by atoms with Crippen molar-refractivity contribution < 1.29 is 18.0 Å². The zero-order valence-corrected chi connectivity index (χ0v) is 19.5. The molecule has 4 aromatic rings. The first-order valence-electron chi connectivity index (χ1n) is 10.9. The lowest BCUT2D eigenvalue weighted by atomic mass is 9.94. The standard InChI is InChI=1S/C26H20N4O4S/c1-2-30-25(31)22-10-6-7-17-15-21(16-23(24(17)22)26(30)32)35(33,34)29-20-13-11-19(12-14-20)28-27-18-8-4-3-5-9-18/h3-16,29H,2H2,1H3. The fourth-order valence-corrected chi connectivity index (χ4v) is 5.11. The molecule has 0 saturated heterocycles. The van der Waals surface area contributed by atoms with Crippen LogP contribution in [-0.4, -0.2) is 31.7 Å². The number of amides is 2. The lowest BCUT2D eigenvalue weighted by Crippen LogP contribution is -2.40. The number of sulfonamides is 1. The van der Waals surface area contributed by atoms with E-state index in [-0.39, 0.29) is 22.9 Å². The van der Waals surface area contributed by atoms with Gasteiger partial charge in [-0.25, -0.2) is 8.42 Å². The molecule has 1 N–H and O–H groups in total. The number of azo groups is 1. The van der Waals surface area contributed by atoms with Crippen molar-refractivity contribution in [3.05, 3.63) is 96.1 Å². The summed E-state index contributed by atoms with van der Waals surface area (Å²) >= 11 is 0. The second-order valence-electron chi connectivity index (χ2n) is 7.92. The number of anilines is 1. The molecular formula is C26H20N4O4S. The lowest BCUT2D eigenvalue weighted by molar-refractivity contribution is 0.0619. The summed E-state index contributed by atoms with van der Waals surface area (Å²) in [6.45, 7) is 1.89. The van der Waals surface area contributed by atoms with E-state index in [9.17, 15) is 18.0 Å². The van der Waals surface area contributed by atoms with E-state index in [2.05, 4.69) is 15.0 Å². The van der Waals surface area contributed by atoms with Crippen LogP contribution in [0.25, 0.3) is 10.8 Å². The molecule has 0 aromatic heterocycles. The second kappa shape index (κ2) is 8.77. The predicted octanol–water partition coefficient (Wildman–Crippen LogP) is 5.67. The first kappa shape index (κ1) is 22.4. The molecule has 5 rings (SSSR count). The molecule has 4 aromatic carbocycles. The van der Waals surface area contributed by atoms with Crippen LogP contribution in [0.5, 0.6) is 0 Å². The van der Waals surface area contributed by atoms with E-state index >= 15 is 0 Å². The SMILES string of the molecule is CCN1C(=O)c2cccc3cc(S(=O)(=O)Nc4ccc(N=Nc5ccccc5)cc4)cc(c23)C1=O. The molecule has 2 amide bonds. The van der Waals surface area contributed by atoms with Gasteiger partial charge in [0.2, 0.25) is 0 Å². The van der Waals surface area contributed by atoms with Crippen molar-refractivity contribution in [1.29, 1.82) is 0 Å². The molecule has 8 nitrogen and oxygen atoms in total. The summed E-state index contributed by atoms with van der Waals surface area (Å²) in [5.74, 6) is -0.889. The quantitative estimate of drug-likeness (QED) is 0.281. The molecule has 0 spiro atoms. The normalized spacial score (nSPS) is 13.6. The van der Waals surface area contributed by atoms with E-state index in [0.717, 1.165) is 4.90 Å². The van der Waals surface area contributed by atoms with Crippen LogP contribution >= 0.6 is 0 Å². The third-order valence-corrected chi connectivity index (χ3v) is 7.05. The molecule has 0 bridgehead atoms. The number of benzene rings is 4. The van der Waals surface area contributed by atoms with Crippen LogP contribution in [-0.2, 0) is 10.0 Å². The Bertz CT molecular complexity index is 1600. The second-order valence-corrected chi connectivity index (χ2v) is 9.60. The summed E-state index contributed by atoms with van der Waals surface area (Å²) in [4.78, 5) is 26.7. The van der Waals surface area contributed by atoms with Gasteiger partial charge in [-0.05, 0) is 66.9 Å². The minimum absolute atomic E-state index is 0.0660. The summed E-state index contributed by atoms with van der Waals surface area (Å²) in [5, 5.41) is 9.27. The zero-order valence-electron chi connectivity index (χ0n) is 18.7. The van der Waals surface area contributed by atoms with Gasteiger partial charge in [-0.3, -0.25) is 19.2 Å². The highest BCUT2D eigenvalue weighted by molar-refractivity contribution is 7.92. The van der Waals surface area contributed by atoms with Crippen molar-refractivity contribution in [1.82, 2.24) is 4.90 Å². The van der Waals surface area contributed by atoms with Crippen molar-refractivity contribution in [2.24, 2.45) is 10.2 Å². The van der Waals surface area contributed by atoms with E-state index in [1.807, 2.05) is 30.3 Å². The number of carbonyl (C=O) groups excluding carboxylic acids is 2. The van der Waals surface area contributed by atoms with Crippen molar-refractivity contribution in [3.8, 4) is 0 Å². The van der Waals surface area contributed by atoms with Crippen LogP contribution in [0.2, 0.25) is 0 Å². The van der Waals surface area contributed by atoms with Gasteiger partial charge in [0.1, 0.15) is 0 Å². The van der Waals surface area contributed by atoms with Crippen LogP contribution in [0.15, 0.2) is 100 Å². The van der Waals surface area contributed by atoms with Gasteiger partial charge in [-0.2, -0.15) is 10.2 Å². The van der Waals surface area contributed by atoms with Crippen molar-refractivity contribution >= 4 is 49.7 Å². The van der Waals surface area contributed by atoms with Gasteiger partial charge in [0.25, 0.3) is 21.8 Å². The average molecular weight is 485 g/mol. The van der Waals surface area contributed by atoms with Gasteiger partial charge >= 0.3 is 0 Å². The lowest BCUT2D eigenvalue weighted by Gasteiger charge is -2.26. The number of hydrogen-bond donors (Lipinski definition) is 1. The molecule has 35 heavy (non-hydrogen) atoms. The highest BCUT2D eigenvalue weighted by atomic mass is 32.2. The first-order valence-corrected chi connectivity index (χ1v) is 12.4. The Morgan fingerprint density at radius 2 is 1.43 bits per heavy atom. The van der Waals surface area contributed by atoms with E-state index in [1.54, 1.807) is 49.4 Å². The van der Waals surface area contributed by atoms with Crippen LogP contribution < -0.4 is 4.72 Å². The maximum atomic E-state index is 13.2. The van der Waals surface area contributed by atoms with Crippen LogP contribution in [0.3, 0.4) is 0 Å². The molecule has 174 valence electrons. The molecule has 0 radical (unpaired) electrons. The van der Waals surface area contributed by atoms with E-state index in [4.69, 9.17) is 0 Å². The largest absolute Gasteiger partial charge is 0.280 e. The van der Waals surface area contributed by atoms with Gasteiger partial charge in [0.05, 0.1) is 16.3 Å². The molecule has 0 fully saturated rings. The topological polar surface area (TPSA) is 108 Å². The minimum Gasteiger partial charge on any atom is -0.280 e. The minimum atomic E-state index is -4.02. The van der Waals surface area contributed by atoms with Gasteiger partial charge < -0.3 is 0 Å². The number of nitrogens with one attached hydrogen (secondary N) is 1. The zero-order chi connectivity index (χ0) is 24.6. The van der Waals surface area contributed by atoms with Crippen LogP contribution in [0, 0.1) is 0 Å². The number of imide groups is 1. The Morgan fingerprint density at radius 1 is 0.771 bits per heavy atom. The Balaban J connectivity index is 1.45. The smallest absolute Gasteiger partial charge is 0.261 e. The third-order valence-electron chi connectivity index (χ3n) is 5.68. The van der Waals surface area contributed by atoms with Crippen molar-refractivity contribution in [2.75, 3.05) is 11.3 Å². The maximum absolute atomic E-state index is 13.2. The maximum Gasteiger partial charge on any atom is 0.261 e. The fourth-order valence-electron chi connectivity index (χ4n) is 3.99. The Kier molecular flexibility index (Phi) is 5.62. The molecule has 0 unspecified atom stereocenters. The van der Waals surface area contributed by atoms with E-state index < -0.39 is 15.9 Å². The highest BCUT2D eigenvalue weighted by Crippen LogP contribution is 2.33. The Morgan fingerprint density at radius 3 is 2.11 bits per heavy atom. The number of carbonyl (C=O) groups is 2. The number of nitrogens with zero attached hydrogens (tertiary/aromatic N) is 3. The van der Waals surface area contributed by atoms with Gasteiger partial charge in [0.15, 0.2) is 0 Å². The molecule has 1 aliphatic heterocycles. The van der Waals surface area contributed by atoms with E-state index in [1.165, 1.54) is 12.1 Å². The van der Waals surface area contributed by atoms with Gasteiger partial charge in [0, 0.05) is 28.7 Å². The molecule has 0 saturated carbocycles. The molecule has 9 heteroatoms. The van der Waals surface area contributed by atoms with Crippen LogP contribution in [0.1, 0.15) is 27.6 Å². The van der Waals surface area contributed by atoms with Crippen LogP contribution in [0.4, 0.5) is 17.1 Å². The van der Waals surface area contributed by atoms with E-state index in [0.29, 0.717) is 33.4 Å². The number of rotatable bonds is 6. The first-order chi connectivity index (χ1) is 16.9.